The van der Waals surface area contributed by atoms with Gasteiger partial charge in [-0.05, 0) is 30.7 Å². The fraction of sp³-hybridized carbons (Fsp3) is 0.579. The van der Waals surface area contributed by atoms with Gasteiger partial charge in [0.2, 0.25) is 5.91 Å². The van der Waals surface area contributed by atoms with E-state index in [9.17, 15) is 9.59 Å². The fourth-order valence-electron chi connectivity index (χ4n) is 3.24. The van der Waals surface area contributed by atoms with Crippen LogP contribution in [0.15, 0.2) is 24.3 Å². The second kappa shape index (κ2) is 8.25. The molecule has 23 heavy (non-hydrogen) atoms. The Morgan fingerprint density at radius 2 is 1.91 bits per heavy atom. The number of carbonyl (C=O) groups excluding carboxylic acids is 2. The Bertz CT molecular complexity index is 539. The number of hydrogen-bond acceptors (Lipinski definition) is 3. The number of nitrogens with zero attached hydrogens (tertiary/aromatic N) is 1. The molecule has 1 fully saturated rings. The summed E-state index contributed by atoms with van der Waals surface area (Å²) in [4.78, 5) is 26.6. The summed E-state index contributed by atoms with van der Waals surface area (Å²) >= 11 is 0. The molecule has 0 radical (unpaired) electrons. The van der Waals surface area contributed by atoms with Crippen LogP contribution in [-0.4, -0.2) is 35.7 Å². The molecule has 1 heterocycles. The average molecular weight is 316 g/mol. The van der Waals surface area contributed by atoms with Gasteiger partial charge in [0.05, 0.1) is 0 Å². The SMILES string of the molecule is CCc1ccc(C(=O)CCC(=O)N2CCC(C)CC2CN)cc1. The highest BCUT2D eigenvalue weighted by Crippen LogP contribution is 2.23. The third-order valence-corrected chi connectivity index (χ3v) is 4.82. The Balaban J connectivity index is 1.88. The number of carbonyl (C=O) groups is 2. The first-order valence-corrected chi connectivity index (χ1v) is 8.66. The summed E-state index contributed by atoms with van der Waals surface area (Å²) in [6, 6.07) is 7.80. The molecule has 1 aromatic rings. The van der Waals surface area contributed by atoms with Crippen LogP contribution in [0.4, 0.5) is 0 Å². The van der Waals surface area contributed by atoms with Crippen LogP contribution in [0.5, 0.6) is 0 Å². The van der Waals surface area contributed by atoms with E-state index in [1.54, 1.807) is 0 Å². The van der Waals surface area contributed by atoms with Gasteiger partial charge in [-0.3, -0.25) is 9.59 Å². The Kier molecular flexibility index (Phi) is 6.34. The van der Waals surface area contributed by atoms with E-state index in [0.29, 0.717) is 18.0 Å². The van der Waals surface area contributed by atoms with Crippen LogP contribution in [0, 0.1) is 5.92 Å². The van der Waals surface area contributed by atoms with E-state index in [2.05, 4.69) is 13.8 Å². The zero-order valence-electron chi connectivity index (χ0n) is 14.3. The van der Waals surface area contributed by atoms with Crippen LogP contribution in [0.3, 0.4) is 0 Å². The monoisotopic (exact) mass is 316 g/mol. The molecule has 2 unspecified atom stereocenters. The Hall–Kier alpha value is -1.68. The Morgan fingerprint density at radius 1 is 1.22 bits per heavy atom. The number of rotatable bonds is 6. The van der Waals surface area contributed by atoms with E-state index in [1.807, 2.05) is 29.2 Å². The summed E-state index contributed by atoms with van der Waals surface area (Å²) in [5.74, 6) is 0.716. The van der Waals surface area contributed by atoms with E-state index in [1.165, 1.54) is 5.56 Å². The number of amides is 1. The molecule has 0 saturated carbocycles. The molecule has 1 aliphatic rings. The van der Waals surface area contributed by atoms with E-state index in [0.717, 1.165) is 25.8 Å². The van der Waals surface area contributed by atoms with Crippen molar-refractivity contribution >= 4 is 11.7 Å². The van der Waals surface area contributed by atoms with Gasteiger partial charge in [-0.25, -0.2) is 0 Å². The molecule has 4 heteroatoms. The van der Waals surface area contributed by atoms with Crippen LogP contribution in [0.25, 0.3) is 0 Å². The van der Waals surface area contributed by atoms with Gasteiger partial charge in [0.25, 0.3) is 0 Å². The first kappa shape index (κ1) is 17.7. The van der Waals surface area contributed by atoms with Gasteiger partial charge in [0.15, 0.2) is 5.78 Å². The minimum atomic E-state index is 0.0377. The zero-order valence-corrected chi connectivity index (χ0v) is 14.3. The average Bonchev–Trinajstić information content (AvgIpc) is 2.59. The van der Waals surface area contributed by atoms with Crippen LogP contribution in [-0.2, 0) is 11.2 Å². The number of piperidine rings is 1. The van der Waals surface area contributed by atoms with Gasteiger partial charge < -0.3 is 10.6 Å². The van der Waals surface area contributed by atoms with Crippen molar-refractivity contribution in [3.63, 3.8) is 0 Å². The lowest BCUT2D eigenvalue weighted by atomic mass is 9.92. The van der Waals surface area contributed by atoms with E-state index >= 15 is 0 Å². The molecule has 126 valence electrons. The number of aryl methyl sites for hydroxylation is 1. The number of benzene rings is 1. The number of nitrogens with two attached hydrogens (primary N) is 1. The molecule has 0 aromatic heterocycles. The highest BCUT2D eigenvalue weighted by Gasteiger charge is 2.28. The Labute approximate surface area is 139 Å². The predicted octanol–water partition coefficient (Wildman–Crippen LogP) is 2.80. The van der Waals surface area contributed by atoms with Crippen molar-refractivity contribution < 1.29 is 9.59 Å². The maximum atomic E-state index is 12.4. The lowest BCUT2D eigenvalue weighted by Crippen LogP contribution is -2.49. The molecule has 1 saturated heterocycles. The highest BCUT2D eigenvalue weighted by molar-refractivity contribution is 5.98. The molecule has 0 bridgehead atoms. The van der Waals surface area contributed by atoms with E-state index < -0.39 is 0 Å². The number of hydrogen-bond donors (Lipinski definition) is 1. The summed E-state index contributed by atoms with van der Waals surface area (Å²) in [7, 11) is 0. The van der Waals surface area contributed by atoms with Gasteiger partial charge in [-0.1, -0.05) is 38.1 Å². The number of Topliss-reactive ketones (excluding diaryl/α,β-unsaturated/α-hetero) is 1. The first-order chi connectivity index (χ1) is 11.0. The largest absolute Gasteiger partial charge is 0.338 e. The van der Waals surface area contributed by atoms with Gasteiger partial charge in [0, 0.05) is 37.5 Å². The second-order valence-corrected chi connectivity index (χ2v) is 6.58. The van der Waals surface area contributed by atoms with Crippen molar-refractivity contribution in [1.82, 2.24) is 4.90 Å². The Morgan fingerprint density at radius 3 is 2.52 bits per heavy atom. The smallest absolute Gasteiger partial charge is 0.223 e. The fourth-order valence-corrected chi connectivity index (χ4v) is 3.24. The first-order valence-electron chi connectivity index (χ1n) is 8.66. The summed E-state index contributed by atoms with van der Waals surface area (Å²) in [6.45, 7) is 5.56. The highest BCUT2D eigenvalue weighted by atomic mass is 16.2. The van der Waals surface area contributed by atoms with Crippen LogP contribution in [0.2, 0.25) is 0 Å². The summed E-state index contributed by atoms with van der Waals surface area (Å²) in [5, 5.41) is 0. The third kappa shape index (κ3) is 4.64. The topological polar surface area (TPSA) is 63.4 Å². The molecular formula is C19H28N2O2. The summed E-state index contributed by atoms with van der Waals surface area (Å²) in [5.41, 5.74) is 7.71. The minimum absolute atomic E-state index is 0.0377. The lowest BCUT2D eigenvalue weighted by molar-refractivity contribution is -0.135. The molecule has 4 nitrogen and oxygen atoms in total. The molecule has 1 aliphatic heterocycles. The standard InChI is InChI=1S/C19H28N2O2/c1-3-15-4-6-16(7-5-15)18(22)8-9-19(23)21-11-10-14(2)12-17(21)13-20/h4-7,14,17H,3,8-13,20H2,1-2H3. The van der Waals surface area contributed by atoms with Crippen LogP contribution >= 0.6 is 0 Å². The summed E-state index contributed by atoms with van der Waals surface area (Å²) in [6.07, 6.45) is 3.50. The van der Waals surface area contributed by atoms with Crippen molar-refractivity contribution in [2.75, 3.05) is 13.1 Å². The maximum Gasteiger partial charge on any atom is 0.223 e. The van der Waals surface area contributed by atoms with Crippen molar-refractivity contribution in [3.8, 4) is 0 Å². The van der Waals surface area contributed by atoms with Crippen molar-refractivity contribution in [1.29, 1.82) is 0 Å². The predicted molar refractivity (Wildman–Crippen MR) is 92.3 cm³/mol. The zero-order chi connectivity index (χ0) is 16.8. The quantitative estimate of drug-likeness (QED) is 0.821. The third-order valence-electron chi connectivity index (χ3n) is 4.82. The maximum absolute atomic E-state index is 12.4. The van der Waals surface area contributed by atoms with Gasteiger partial charge in [-0.2, -0.15) is 0 Å². The van der Waals surface area contributed by atoms with Gasteiger partial charge in [-0.15, -0.1) is 0 Å². The van der Waals surface area contributed by atoms with Crippen molar-refractivity contribution in [3.05, 3.63) is 35.4 Å². The molecule has 1 aromatic carbocycles. The summed E-state index contributed by atoms with van der Waals surface area (Å²) < 4.78 is 0. The molecule has 2 atom stereocenters. The lowest BCUT2D eigenvalue weighted by Gasteiger charge is -2.38. The van der Waals surface area contributed by atoms with Gasteiger partial charge >= 0.3 is 0 Å². The normalized spacial score (nSPS) is 21.3. The second-order valence-electron chi connectivity index (χ2n) is 6.58. The van der Waals surface area contributed by atoms with Crippen molar-refractivity contribution in [2.24, 2.45) is 11.7 Å². The van der Waals surface area contributed by atoms with E-state index in [4.69, 9.17) is 5.73 Å². The minimum Gasteiger partial charge on any atom is -0.338 e. The van der Waals surface area contributed by atoms with Crippen molar-refractivity contribution in [2.45, 2.75) is 52.0 Å². The molecule has 0 aliphatic carbocycles. The van der Waals surface area contributed by atoms with Gasteiger partial charge in [0.1, 0.15) is 0 Å². The van der Waals surface area contributed by atoms with Crippen LogP contribution < -0.4 is 5.73 Å². The molecule has 2 N–H and O–H groups in total. The molecular weight excluding hydrogens is 288 g/mol. The molecule has 1 amide bonds. The molecule has 0 spiro atoms. The van der Waals surface area contributed by atoms with E-state index in [-0.39, 0.29) is 30.6 Å². The molecule has 2 rings (SSSR count). The van der Waals surface area contributed by atoms with Crippen LogP contribution in [0.1, 0.15) is 55.5 Å². The number of likely N-dealkylation sites (tertiary alicyclic amines) is 1. The number of ketones is 1.